The average Bonchev–Trinajstić information content (AvgIpc) is 3.13. The highest BCUT2D eigenvalue weighted by atomic mass is 31.2. The number of hydrogen-bond donors (Lipinski definition) is 1. The molecule has 0 spiro atoms. The number of aromatic amines is 1. The molecule has 2 aliphatic heterocycles. The van der Waals surface area contributed by atoms with Gasteiger partial charge in [-0.05, 0) is 60.8 Å². The van der Waals surface area contributed by atoms with Crippen molar-refractivity contribution in [3.8, 4) is 0 Å². The van der Waals surface area contributed by atoms with Crippen LogP contribution in [0.25, 0.3) is 0 Å². The molecule has 0 aliphatic carbocycles. The Balaban J connectivity index is 2.02. The van der Waals surface area contributed by atoms with Gasteiger partial charge in [-0.2, -0.15) is 0 Å². The molecule has 0 bridgehead atoms. The first-order valence-corrected chi connectivity index (χ1v) is 14.3. The molecule has 38 heavy (non-hydrogen) atoms. The van der Waals surface area contributed by atoms with Gasteiger partial charge in [-0.15, -0.1) is 0 Å². The van der Waals surface area contributed by atoms with Crippen molar-refractivity contribution < 1.29 is 41.9 Å². The maximum atomic E-state index is 13.6. The molecule has 3 heterocycles. The van der Waals surface area contributed by atoms with Crippen molar-refractivity contribution in [1.29, 1.82) is 0 Å². The van der Waals surface area contributed by atoms with Crippen LogP contribution in [0.1, 0.15) is 67.0 Å². The number of aromatic nitrogens is 2. The molecule has 2 saturated heterocycles. The lowest BCUT2D eigenvalue weighted by Crippen LogP contribution is -2.43. The Morgan fingerprint density at radius 2 is 1.97 bits per heavy atom. The Morgan fingerprint density at radius 1 is 1.24 bits per heavy atom. The van der Waals surface area contributed by atoms with Crippen LogP contribution in [0.2, 0.25) is 0 Å². The van der Waals surface area contributed by atoms with Gasteiger partial charge in [-0.1, -0.05) is 0 Å². The van der Waals surface area contributed by atoms with Gasteiger partial charge in [0.15, 0.2) is 12.5 Å². The lowest BCUT2D eigenvalue weighted by Gasteiger charge is -2.32. The van der Waals surface area contributed by atoms with E-state index >= 15 is 0 Å². The van der Waals surface area contributed by atoms with E-state index in [0.717, 1.165) is 23.5 Å². The van der Waals surface area contributed by atoms with Crippen molar-refractivity contribution in [3.63, 3.8) is 0 Å². The second kappa shape index (κ2) is 13.0. The van der Waals surface area contributed by atoms with Crippen LogP contribution >= 0.6 is 7.82 Å². The van der Waals surface area contributed by atoms with E-state index in [1.54, 1.807) is 41.5 Å². The van der Waals surface area contributed by atoms with Crippen molar-refractivity contribution in [2.24, 2.45) is 5.41 Å². The van der Waals surface area contributed by atoms with E-state index in [1.807, 2.05) is 0 Å². The number of phosphoric acid groups is 1. The van der Waals surface area contributed by atoms with E-state index in [0.29, 0.717) is 13.0 Å². The van der Waals surface area contributed by atoms with Crippen LogP contribution in [0.5, 0.6) is 0 Å². The first-order chi connectivity index (χ1) is 17.8. The molecule has 0 saturated carbocycles. The number of hydrogen-bond acceptors (Lipinski definition) is 11. The van der Waals surface area contributed by atoms with Gasteiger partial charge in [0.1, 0.15) is 24.9 Å². The number of ether oxygens (including phenoxy) is 4. The smallest absolute Gasteiger partial charge is 0.462 e. The molecule has 0 amide bonds. The topological polar surface area (TPSA) is 154 Å². The summed E-state index contributed by atoms with van der Waals surface area (Å²) in [5.41, 5.74) is -2.14. The molecule has 2 fully saturated rings. The summed E-state index contributed by atoms with van der Waals surface area (Å²) in [6, 6.07) is 1.16. The Hall–Kier alpha value is -1.86. The monoisotopic (exact) mass is 562 g/mol. The zero-order chi connectivity index (χ0) is 28.1. The molecule has 14 heteroatoms. The number of nitrogens with one attached hydrogen (secondary N) is 1. The van der Waals surface area contributed by atoms with Gasteiger partial charge < -0.3 is 18.9 Å². The number of carbonyl (C=O) groups excluding carboxylic acids is 1. The summed E-state index contributed by atoms with van der Waals surface area (Å²) in [6.07, 6.45) is -2.04. The molecule has 6 atom stereocenters. The van der Waals surface area contributed by atoms with Crippen LogP contribution in [-0.4, -0.2) is 66.0 Å². The maximum Gasteiger partial charge on any atom is 0.475 e. The molecule has 13 nitrogen and oxygen atoms in total. The summed E-state index contributed by atoms with van der Waals surface area (Å²) in [5, 5.41) is 0. The number of phosphoric ester groups is 1. The van der Waals surface area contributed by atoms with E-state index < -0.39 is 67.4 Å². The van der Waals surface area contributed by atoms with Crippen LogP contribution in [0.4, 0.5) is 0 Å². The number of esters is 1. The summed E-state index contributed by atoms with van der Waals surface area (Å²) in [4.78, 5) is 39.1. The van der Waals surface area contributed by atoms with Crippen molar-refractivity contribution >= 4 is 13.8 Å². The zero-order valence-electron chi connectivity index (χ0n) is 22.7. The molecule has 2 aliphatic rings. The van der Waals surface area contributed by atoms with Gasteiger partial charge in [0.05, 0.1) is 18.1 Å². The van der Waals surface area contributed by atoms with Gasteiger partial charge in [0.25, 0.3) is 5.56 Å². The number of H-pyrrole nitrogens is 1. The summed E-state index contributed by atoms with van der Waals surface area (Å²) in [6.45, 7) is 10.3. The van der Waals surface area contributed by atoms with E-state index in [1.165, 1.54) is 6.20 Å². The standard InChI is InChI=1S/C24H39N2O11P/c1-7-33-38(30,36-15(2)3)37-19-16(14-32-22(28)24(4,5)6)34-21(26-12-11-17(27)25-23(26)29)20(19)35-18-10-8-9-13-31-18/h11-12,15-16,18-21H,7-10,13-14H2,1-6H3,(H,25,27,29)/t16-,18?,19-,20-,21-,38?/m1/s1. The highest BCUT2D eigenvalue weighted by Crippen LogP contribution is 2.54. The zero-order valence-corrected chi connectivity index (χ0v) is 23.6. The van der Waals surface area contributed by atoms with Crippen molar-refractivity contribution in [3.05, 3.63) is 33.1 Å². The maximum absolute atomic E-state index is 13.6. The predicted molar refractivity (Wildman–Crippen MR) is 134 cm³/mol. The normalized spacial score (nSPS) is 27.8. The van der Waals surface area contributed by atoms with Crippen molar-refractivity contribution in [2.75, 3.05) is 19.8 Å². The summed E-state index contributed by atoms with van der Waals surface area (Å²) < 4.78 is 55.3. The minimum absolute atomic E-state index is 0.0291. The third kappa shape index (κ3) is 8.08. The van der Waals surface area contributed by atoms with Gasteiger partial charge in [0.2, 0.25) is 0 Å². The third-order valence-electron chi connectivity index (χ3n) is 5.73. The summed E-state index contributed by atoms with van der Waals surface area (Å²) in [7, 11) is -4.16. The third-order valence-corrected chi connectivity index (χ3v) is 7.48. The molecule has 3 rings (SSSR count). The van der Waals surface area contributed by atoms with Crippen LogP contribution in [0.3, 0.4) is 0 Å². The summed E-state index contributed by atoms with van der Waals surface area (Å²) in [5.74, 6) is -0.496. The van der Waals surface area contributed by atoms with E-state index in [2.05, 4.69) is 4.98 Å². The lowest BCUT2D eigenvalue weighted by atomic mass is 9.97. The first-order valence-electron chi connectivity index (χ1n) is 12.9. The minimum Gasteiger partial charge on any atom is -0.462 e. The molecule has 1 aromatic heterocycles. The highest BCUT2D eigenvalue weighted by Gasteiger charge is 2.53. The molecule has 1 aromatic rings. The first kappa shape index (κ1) is 30.7. The van der Waals surface area contributed by atoms with Crippen LogP contribution in [0, 0.1) is 5.41 Å². The average molecular weight is 563 g/mol. The van der Waals surface area contributed by atoms with Gasteiger partial charge >= 0.3 is 19.5 Å². The predicted octanol–water partition coefficient (Wildman–Crippen LogP) is 2.89. The number of carbonyl (C=O) groups is 1. The fourth-order valence-corrected chi connectivity index (χ4v) is 5.54. The molecule has 0 radical (unpaired) electrons. The van der Waals surface area contributed by atoms with E-state index in [4.69, 9.17) is 32.5 Å². The largest absolute Gasteiger partial charge is 0.475 e. The Bertz CT molecular complexity index is 1090. The molecule has 2 unspecified atom stereocenters. The molecule has 0 aromatic carbocycles. The van der Waals surface area contributed by atoms with Gasteiger partial charge in [-0.3, -0.25) is 32.7 Å². The SMILES string of the molecule is CCOP(=O)(OC(C)C)O[C@H]1[C@@H](OC2CCCCO2)[C@H](n2ccc(=O)[nH]c2=O)O[C@@H]1COC(=O)C(C)(C)C. The second-order valence-corrected chi connectivity index (χ2v) is 12.0. The Morgan fingerprint density at radius 3 is 2.55 bits per heavy atom. The molecule has 1 N–H and O–H groups in total. The van der Waals surface area contributed by atoms with E-state index in [9.17, 15) is 18.9 Å². The fraction of sp³-hybridized carbons (Fsp3) is 0.792. The van der Waals surface area contributed by atoms with Crippen molar-refractivity contribution in [1.82, 2.24) is 9.55 Å². The Labute approximate surface area is 221 Å². The van der Waals surface area contributed by atoms with Crippen molar-refractivity contribution in [2.45, 2.75) is 97.7 Å². The lowest BCUT2D eigenvalue weighted by molar-refractivity contribution is -0.215. The minimum atomic E-state index is -4.16. The van der Waals surface area contributed by atoms with Crippen LogP contribution < -0.4 is 11.2 Å². The van der Waals surface area contributed by atoms with Crippen LogP contribution in [-0.2, 0) is 41.9 Å². The molecule has 216 valence electrons. The fourth-order valence-electron chi connectivity index (χ4n) is 3.99. The van der Waals surface area contributed by atoms with Gasteiger partial charge in [-0.25, -0.2) is 9.36 Å². The number of nitrogens with zero attached hydrogens (tertiary/aromatic N) is 1. The molecular formula is C24H39N2O11P. The van der Waals surface area contributed by atoms with Gasteiger partial charge in [0, 0.05) is 18.9 Å². The second-order valence-electron chi connectivity index (χ2n) is 10.4. The van der Waals surface area contributed by atoms with Crippen LogP contribution in [0.15, 0.2) is 21.9 Å². The Kier molecular flexibility index (Phi) is 10.5. The number of rotatable bonds is 11. The quantitative estimate of drug-likeness (QED) is 0.313. The summed E-state index contributed by atoms with van der Waals surface area (Å²) >= 11 is 0. The highest BCUT2D eigenvalue weighted by molar-refractivity contribution is 7.48. The van der Waals surface area contributed by atoms with E-state index in [-0.39, 0.29) is 13.2 Å². The molecular weight excluding hydrogens is 523 g/mol.